The molecule has 3 heteroatoms. The van der Waals surface area contributed by atoms with Crippen LogP contribution in [0.1, 0.15) is 51.4 Å². The standard InChI is InChI=1S/C13H30N3/c1-2-3-4-5-6-7-8-9-10-15-11-12-16-13-14/h15-16H,1-14H2. The van der Waals surface area contributed by atoms with E-state index in [1.807, 2.05) is 0 Å². The smallest absolute Gasteiger partial charge is 0.0429 e. The lowest BCUT2D eigenvalue weighted by Gasteiger charge is -2.05. The first-order chi connectivity index (χ1) is 7.91. The maximum absolute atomic E-state index is 5.32. The minimum absolute atomic E-state index is 0.578. The Morgan fingerprint density at radius 2 is 1.25 bits per heavy atom. The summed E-state index contributed by atoms with van der Waals surface area (Å²) in [5, 5.41) is 6.49. The molecule has 0 heterocycles. The van der Waals surface area contributed by atoms with E-state index in [1.54, 1.807) is 0 Å². The molecule has 0 amide bonds. The summed E-state index contributed by atoms with van der Waals surface area (Å²) in [5.41, 5.74) is 5.32. The molecule has 0 aromatic heterocycles. The van der Waals surface area contributed by atoms with Crippen LogP contribution in [0.4, 0.5) is 0 Å². The van der Waals surface area contributed by atoms with Crippen molar-refractivity contribution in [3.63, 3.8) is 0 Å². The molecule has 0 aliphatic carbocycles. The van der Waals surface area contributed by atoms with E-state index in [1.165, 1.54) is 44.9 Å². The zero-order valence-electron chi connectivity index (χ0n) is 10.8. The number of nitrogens with two attached hydrogens (primary N) is 1. The van der Waals surface area contributed by atoms with Crippen LogP contribution < -0.4 is 16.4 Å². The first-order valence-corrected chi connectivity index (χ1v) is 6.82. The van der Waals surface area contributed by atoms with Crippen molar-refractivity contribution in [3.8, 4) is 0 Å². The molecule has 0 bridgehead atoms. The Hall–Kier alpha value is -0.120. The molecule has 0 saturated heterocycles. The molecule has 0 spiro atoms. The third-order valence-electron chi connectivity index (χ3n) is 2.73. The third kappa shape index (κ3) is 13.9. The van der Waals surface area contributed by atoms with Crippen molar-refractivity contribution in [3.05, 3.63) is 6.92 Å². The van der Waals surface area contributed by atoms with E-state index in [4.69, 9.17) is 5.73 Å². The molecule has 0 aromatic rings. The van der Waals surface area contributed by atoms with Gasteiger partial charge in [0.2, 0.25) is 0 Å². The summed E-state index contributed by atoms with van der Waals surface area (Å²) in [5.74, 6) is 0. The highest BCUT2D eigenvalue weighted by molar-refractivity contribution is 4.52. The molecular formula is C13H30N3. The van der Waals surface area contributed by atoms with Crippen molar-refractivity contribution in [2.24, 2.45) is 5.73 Å². The van der Waals surface area contributed by atoms with E-state index >= 15 is 0 Å². The Bertz CT molecular complexity index is 104. The Labute approximate surface area is 102 Å². The maximum Gasteiger partial charge on any atom is 0.0429 e. The van der Waals surface area contributed by atoms with E-state index in [-0.39, 0.29) is 0 Å². The summed E-state index contributed by atoms with van der Waals surface area (Å²) in [6.45, 7) is 7.58. The molecule has 0 rings (SSSR count). The average Bonchev–Trinajstić information content (AvgIpc) is 2.31. The highest BCUT2D eigenvalue weighted by Gasteiger charge is 1.91. The van der Waals surface area contributed by atoms with Gasteiger partial charge in [-0.2, -0.15) is 0 Å². The first kappa shape index (κ1) is 15.9. The highest BCUT2D eigenvalue weighted by atomic mass is 15.0. The SMILES string of the molecule is [CH2]CCCCCCCCCNCCNCN. The van der Waals surface area contributed by atoms with E-state index in [0.717, 1.165) is 26.1 Å². The minimum atomic E-state index is 0.578. The van der Waals surface area contributed by atoms with Crippen LogP contribution in [0, 0.1) is 6.92 Å². The quantitative estimate of drug-likeness (QED) is 0.334. The van der Waals surface area contributed by atoms with Crippen molar-refractivity contribution in [1.82, 2.24) is 10.6 Å². The molecule has 0 atom stereocenters. The molecule has 1 radical (unpaired) electrons. The van der Waals surface area contributed by atoms with Crippen LogP contribution in [0.5, 0.6) is 0 Å². The lowest BCUT2D eigenvalue weighted by atomic mass is 10.1. The van der Waals surface area contributed by atoms with E-state index < -0.39 is 0 Å². The fourth-order valence-corrected chi connectivity index (χ4v) is 1.71. The Morgan fingerprint density at radius 3 is 1.88 bits per heavy atom. The molecule has 3 nitrogen and oxygen atoms in total. The Balaban J connectivity index is 2.83. The van der Waals surface area contributed by atoms with Gasteiger partial charge in [0.05, 0.1) is 0 Å². The van der Waals surface area contributed by atoms with Gasteiger partial charge in [0.1, 0.15) is 0 Å². The number of unbranched alkanes of at least 4 members (excludes halogenated alkanes) is 7. The summed E-state index contributed by atoms with van der Waals surface area (Å²) in [4.78, 5) is 0. The van der Waals surface area contributed by atoms with Crippen molar-refractivity contribution in [1.29, 1.82) is 0 Å². The van der Waals surface area contributed by atoms with Crippen molar-refractivity contribution < 1.29 is 0 Å². The number of hydrogen-bond acceptors (Lipinski definition) is 3. The van der Waals surface area contributed by atoms with Crippen LogP contribution in [0.3, 0.4) is 0 Å². The molecule has 97 valence electrons. The third-order valence-corrected chi connectivity index (χ3v) is 2.73. The topological polar surface area (TPSA) is 50.1 Å². The van der Waals surface area contributed by atoms with Gasteiger partial charge in [-0.05, 0) is 13.0 Å². The van der Waals surface area contributed by atoms with Crippen molar-refractivity contribution in [2.45, 2.75) is 51.4 Å². The molecule has 16 heavy (non-hydrogen) atoms. The Morgan fingerprint density at radius 1 is 0.688 bits per heavy atom. The molecule has 0 unspecified atom stereocenters. The van der Waals surface area contributed by atoms with Gasteiger partial charge in [-0.1, -0.05) is 51.9 Å². The zero-order valence-corrected chi connectivity index (χ0v) is 10.8. The van der Waals surface area contributed by atoms with Gasteiger partial charge in [-0.25, -0.2) is 0 Å². The van der Waals surface area contributed by atoms with Crippen molar-refractivity contribution in [2.75, 3.05) is 26.3 Å². The van der Waals surface area contributed by atoms with E-state index in [0.29, 0.717) is 6.67 Å². The normalized spacial score (nSPS) is 10.9. The van der Waals surface area contributed by atoms with Gasteiger partial charge in [0, 0.05) is 19.8 Å². The van der Waals surface area contributed by atoms with Gasteiger partial charge in [0.15, 0.2) is 0 Å². The largest absolute Gasteiger partial charge is 0.318 e. The summed E-state index contributed by atoms with van der Waals surface area (Å²) in [7, 11) is 0. The fourth-order valence-electron chi connectivity index (χ4n) is 1.71. The van der Waals surface area contributed by atoms with Crippen LogP contribution >= 0.6 is 0 Å². The van der Waals surface area contributed by atoms with Crippen LogP contribution in [0.25, 0.3) is 0 Å². The average molecular weight is 228 g/mol. The molecule has 0 saturated carbocycles. The van der Waals surface area contributed by atoms with Crippen molar-refractivity contribution >= 4 is 0 Å². The Kier molecular flexibility index (Phi) is 14.8. The lowest BCUT2D eigenvalue weighted by molar-refractivity contribution is 0.550. The van der Waals surface area contributed by atoms with Crippen LogP contribution in [-0.4, -0.2) is 26.3 Å². The summed E-state index contributed by atoms with van der Waals surface area (Å²) < 4.78 is 0. The maximum atomic E-state index is 5.32. The van der Waals surface area contributed by atoms with Crippen LogP contribution in [-0.2, 0) is 0 Å². The fraction of sp³-hybridized carbons (Fsp3) is 0.923. The predicted molar refractivity (Wildman–Crippen MR) is 72.2 cm³/mol. The van der Waals surface area contributed by atoms with Gasteiger partial charge >= 0.3 is 0 Å². The van der Waals surface area contributed by atoms with Gasteiger partial charge < -0.3 is 16.4 Å². The number of hydrogen-bond donors (Lipinski definition) is 3. The number of nitrogens with one attached hydrogen (secondary N) is 2. The van der Waals surface area contributed by atoms with Gasteiger partial charge in [-0.15, -0.1) is 0 Å². The first-order valence-electron chi connectivity index (χ1n) is 6.82. The summed E-state index contributed by atoms with van der Waals surface area (Å²) >= 11 is 0. The predicted octanol–water partition coefficient (Wildman–Crippen LogP) is 2.04. The zero-order chi connectivity index (χ0) is 11.9. The minimum Gasteiger partial charge on any atom is -0.318 e. The molecule has 0 fully saturated rings. The van der Waals surface area contributed by atoms with Gasteiger partial charge in [-0.3, -0.25) is 0 Å². The lowest BCUT2D eigenvalue weighted by Crippen LogP contribution is -2.31. The van der Waals surface area contributed by atoms with Gasteiger partial charge in [0.25, 0.3) is 0 Å². The molecular weight excluding hydrogens is 198 g/mol. The molecule has 4 N–H and O–H groups in total. The monoisotopic (exact) mass is 228 g/mol. The highest BCUT2D eigenvalue weighted by Crippen LogP contribution is 2.07. The summed E-state index contributed by atoms with van der Waals surface area (Å²) in [6.07, 6.45) is 10.6. The second kappa shape index (κ2) is 14.9. The van der Waals surface area contributed by atoms with Crippen LogP contribution in [0.15, 0.2) is 0 Å². The molecule has 0 aliphatic rings. The molecule has 0 aliphatic heterocycles. The molecule has 0 aromatic carbocycles. The van der Waals surface area contributed by atoms with Crippen LogP contribution in [0.2, 0.25) is 0 Å². The van der Waals surface area contributed by atoms with E-state index in [9.17, 15) is 0 Å². The second-order valence-corrected chi connectivity index (χ2v) is 4.28. The second-order valence-electron chi connectivity index (χ2n) is 4.28. The van der Waals surface area contributed by atoms with E-state index in [2.05, 4.69) is 17.6 Å². The summed E-state index contributed by atoms with van der Waals surface area (Å²) in [6, 6.07) is 0. The number of rotatable bonds is 13.